The third-order valence-electron chi connectivity index (χ3n) is 4.24. The summed E-state index contributed by atoms with van der Waals surface area (Å²) < 4.78 is 13.3. The Morgan fingerprint density at radius 1 is 1.29 bits per heavy atom. The Morgan fingerprint density at radius 3 is 2.75 bits per heavy atom. The third kappa shape index (κ3) is 5.22. The molecule has 1 fully saturated rings. The molecular weight excluding hydrogens is 309 g/mol. The van der Waals surface area contributed by atoms with Crippen molar-refractivity contribution >= 4 is 17.5 Å². The van der Waals surface area contributed by atoms with Crippen molar-refractivity contribution in [2.75, 3.05) is 24.5 Å². The lowest BCUT2D eigenvalue weighted by Gasteiger charge is -2.35. The van der Waals surface area contributed by atoms with E-state index in [1.807, 2.05) is 13.8 Å². The topological polar surface area (TPSA) is 61.4 Å². The number of anilines is 1. The van der Waals surface area contributed by atoms with Crippen LogP contribution in [0.2, 0.25) is 0 Å². The number of hydrogen-bond donors (Lipinski definition) is 2. The number of nitrogens with zero attached hydrogens (tertiary/aromatic N) is 1. The SMILES string of the molecule is CCNC(=O)CCC(=O)NC1CCCN(c2ccc(F)cc2C)C1. The minimum absolute atomic E-state index is 0.0601. The molecule has 132 valence electrons. The Kier molecular flexibility index (Phi) is 6.58. The Morgan fingerprint density at radius 2 is 2.04 bits per heavy atom. The Balaban J connectivity index is 1.86. The highest BCUT2D eigenvalue weighted by molar-refractivity contribution is 5.83. The summed E-state index contributed by atoms with van der Waals surface area (Å²) in [6, 6.07) is 4.86. The van der Waals surface area contributed by atoms with Gasteiger partial charge in [0.15, 0.2) is 0 Å². The summed E-state index contributed by atoms with van der Waals surface area (Å²) in [4.78, 5) is 25.6. The monoisotopic (exact) mass is 335 g/mol. The molecule has 0 aliphatic carbocycles. The fourth-order valence-electron chi connectivity index (χ4n) is 3.10. The van der Waals surface area contributed by atoms with Crippen LogP contribution in [0.25, 0.3) is 0 Å². The van der Waals surface area contributed by atoms with Crippen LogP contribution in [0.15, 0.2) is 18.2 Å². The maximum atomic E-state index is 13.3. The normalized spacial score (nSPS) is 17.5. The number of carbonyl (C=O) groups excluding carboxylic acids is 2. The van der Waals surface area contributed by atoms with Crippen LogP contribution < -0.4 is 15.5 Å². The van der Waals surface area contributed by atoms with Gasteiger partial charge in [-0.25, -0.2) is 4.39 Å². The standard InChI is InChI=1S/C18H26FN3O2/c1-3-20-17(23)8-9-18(24)21-15-5-4-10-22(12-15)16-7-6-14(19)11-13(16)2/h6-7,11,15H,3-5,8-10,12H2,1-2H3,(H,20,23)(H,21,24). The molecule has 0 aromatic heterocycles. The number of rotatable bonds is 6. The van der Waals surface area contributed by atoms with Gasteiger partial charge < -0.3 is 15.5 Å². The molecule has 0 spiro atoms. The molecular formula is C18H26FN3O2. The van der Waals surface area contributed by atoms with Gasteiger partial charge in [-0.2, -0.15) is 0 Å². The summed E-state index contributed by atoms with van der Waals surface area (Å²) in [6.07, 6.45) is 2.31. The van der Waals surface area contributed by atoms with E-state index in [9.17, 15) is 14.0 Å². The molecule has 2 N–H and O–H groups in total. The van der Waals surface area contributed by atoms with Crippen LogP contribution in [0.1, 0.15) is 38.2 Å². The molecule has 5 nitrogen and oxygen atoms in total. The minimum atomic E-state index is -0.233. The average Bonchev–Trinajstić information content (AvgIpc) is 2.53. The van der Waals surface area contributed by atoms with E-state index in [1.54, 1.807) is 6.07 Å². The zero-order valence-corrected chi connectivity index (χ0v) is 14.4. The van der Waals surface area contributed by atoms with Gasteiger partial charge in [-0.1, -0.05) is 0 Å². The van der Waals surface area contributed by atoms with Crippen LogP contribution >= 0.6 is 0 Å². The fraction of sp³-hybridized carbons (Fsp3) is 0.556. The number of benzene rings is 1. The molecule has 24 heavy (non-hydrogen) atoms. The van der Waals surface area contributed by atoms with E-state index >= 15 is 0 Å². The van der Waals surface area contributed by atoms with E-state index in [0.29, 0.717) is 13.1 Å². The Bertz CT molecular complexity index is 592. The predicted octanol–water partition coefficient (Wildman–Crippen LogP) is 2.14. The molecule has 1 unspecified atom stereocenters. The van der Waals surface area contributed by atoms with Crippen LogP contribution in [0.5, 0.6) is 0 Å². The number of nitrogens with one attached hydrogen (secondary N) is 2. The van der Waals surface area contributed by atoms with E-state index in [2.05, 4.69) is 15.5 Å². The fourth-order valence-corrected chi connectivity index (χ4v) is 3.10. The summed E-state index contributed by atoms with van der Waals surface area (Å²) in [5.74, 6) is -0.424. The molecule has 1 heterocycles. The molecule has 1 aromatic carbocycles. The van der Waals surface area contributed by atoms with E-state index in [0.717, 1.165) is 30.6 Å². The van der Waals surface area contributed by atoms with E-state index in [-0.39, 0.29) is 36.5 Å². The minimum Gasteiger partial charge on any atom is -0.369 e. The van der Waals surface area contributed by atoms with Crippen LogP contribution in [-0.4, -0.2) is 37.5 Å². The van der Waals surface area contributed by atoms with Crippen molar-refractivity contribution in [2.45, 2.75) is 45.6 Å². The Labute approximate surface area is 142 Å². The van der Waals surface area contributed by atoms with Gasteiger partial charge in [0.2, 0.25) is 11.8 Å². The first-order valence-corrected chi connectivity index (χ1v) is 8.56. The summed E-state index contributed by atoms with van der Waals surface area (Å²) >= 11 is 0. The van der Waals surface area contributed by atoms with Crippen LogP contribution in [0.3, 0.4) is 0 Å². The van der Waals surface area contributed by atoms with Crippen molar-refractivity contribution in [3.05, 3.63) is 29.6 Å². The van der Waals surface area contributed by atoms with Crippen molar-refractivity contribution in [2.24, 2.45) is 0 Å². The van der Waals surface area contributed by atoms with Gasteiger partial charge in [0, 0.05) is 44.2 Å². The number of piperidine rings is 1. The highest BCUT2D eigenvalue weighted by atomic mass is 19.1. The lowest BCUT2D eigenvalue weighted by Crippen LogP contribution is -2.48. The van der Waals surface area contributed by atoms with Gasteiger partial charge in [-0.05, 0) is 50.5 Å². The van der Waals surface area contributed by atoms with E-state index in [4.69, 9.17) is 0 Å². The maximum absolute atomic E-state index is 13.3. The molecule has 0 radical (unpaired) electrons. The van der Waals surface area contributed by atoms with Crippen molar-refractivity contribution in [3.8, 4) is 0 Å². The number of aryl methyl sites for hydroxylation is 1. The molecule has 1 aliphatic heterocycles. The maximum Gasteiger partial charge on any atom is 0.220 e. The predicted molar refractivity (Wildman–Crippen MR) is 92.4 cm³/mol. The average molecular weight is 335 g/mol. The van der Waals surface area contributed by atoms with Crippen LogP contribution in [0, 0.1) is 12.7 Å². The van der Waals surface area contributed by atoms with Gasteiger partial charge >= 0.3 is 0 Å². The molecule has 1 aliphatic rings. The summed E-state index contributed by atoms with van der Waals surface area (Å²) in [5.41, 5.74) is 1.91. The lowest BCUT2D eigenvalue weighted by atomic mass is 10.0. The molecule has 0 bridgehead atoms. The van der Waals surface area contributed by atoms with Gasteiger partial charge in [0.25, 0.3) is 0 Å². The molecule has 6 heteroatoms. The largest absolute Gasteiger partial charge is 0.369 e. The second kappa shape index (κ2) is 8.66. The van der Waals surface area contributed by atoms with Gasteiger partial charge in [0.05, 0.1) is 0 Å². The van der Waals surface area contributed by atoms with Crippen molar-refractivity contribution in [3.63, 3.8) is 0 Å². The molecule has 1 atom stereocenters. The molecule has 2 amide bonds. The van der Waals surface area contributed by atoms with Crippen molar-refractivity contribution in [1.82, 2.24) is 10.6 Å². The van der Waals surface area contributed by atoms with Crippen molar-refractivity contribution < 1.29 is 14.0 Å². The van der Waals surface area contributed by atoms with E-state index < -0.39 is 0 Å². The van der Waals surface area contributed by atoms with Crippen molar-refractivity contribution in [1.29, 1.82) is 0 Å². The number of hydrogen-bond acceptors (Lipinski definition) is 3. The second-order valence-electron chi connectivity index (χ2n) is 6.24. The van der Waals surface area contributed by atoms with Gasteiger partial charge in [0.1, 0.15) is 5.82 Å². The number of carbonyl (C=O) groups is 2. The Hall–Kier alpha value is -2.11. The summed E-state index contributed by atoms with van der Waals surface area (Å²) in [6.45, 7) is 5.94. The molecule has 2 rings (SSSR count). The summed E-state index contributed by atoms with van der Waals surface area (Å²) in [7, 11) is 0. The highest BCUT2D eigenvalue weighted by Crippen LogP contribution is 2.24. The lowest BCUT2D eigenvalue weighted by molar-refractivity contribution is -0.126. The summed E-state index contributed by atoms with van der Waals surface area (Å²) in [5, 5.41) is 5.70. The quantitative estimate of drug-likeness (QED) is 0.837. The number of halogens is 1. The smallest absolute Gasteiger partial charge is 0.220 e. The highest BCUT2D eigenvalue weighted by Gasteiger charge is 2.22. The van der Waals surface area contributed by atoms with Crippen LogP contribution in [-0.2, 0) is 9.59 Å². The third-order valence-corrected chi connectivity index (χ3v) is 4.24. The van der Waals surface area contributed by atoms with Crippen LogP contribution in [0.4, 0.5) is 10.1 Å². The first-order valence-electron chi connectivity index (χ1n) is 8.56. The second-order valence-corrected chi connectivity index (χ2v) is 6.24. The van der Waals surface area contributed by atoms with Gasteiger partial charge in [-0.15, -0.1) is 0 Å². The number of amides is 2. The van der Waals surface area contributed by atoms with Gasteiger partial charge in [-0.3, -0.25) is 9.59 Å². The van der Waals surface area contributed by atoms with E-state index in [1.165, 1.54) is 12.1 Å². The molecule has 1 aromatic rings. The molecule has 0 saturated carbocycles. The molecule has 1 saturated heterocycles. The first kappa shape index (κ1) is 18.2. The zero-order valence-electron chi connectivity index (χ0n) is 14.4. The first-order chi connectivity index (χ1) is 11.5. The zero-order chi connectivity index (χ0) is 17.5.